The Bertz CT molecular complexity index is 1380. The van der Waals surface area contributed by atoms with E-state index in [-0.39, 0.29) is 23.6 Å². The second-order valence-corrected chi connectivity index (χ2v) is 14.1. The highest BCUT2D eigenvalue weighted by Gasteiger charge is 2.38. The number of aliphatic carboxylic acids is 1. The van der Waals surface area contributed by atoms with Gasteiger partial charge in [-0.25, -0.2) is 4.79 Å². The predicted octanol–water partition coefficient (Wildman–Crippen LogP) is 4.85. The Morgan fingerprint density at radius 2 is 1.19 bits per heavy atom. The highest BCUT2D eigenvalue weighted by molar-refractivity contribution is 6.08. The van der Waals surface area contributed by atoms with Gasteiger partial charge >= 0.3 is 12.1 Å². The van der Waals surface area contributed by atoms with Crippen molar-refractivity contribution in [3.8, 4) is 0 Å². The number of halogens is 3. The summed E-state index contributed by atoms with van der Waals surface area (Å²) in [6.07, 6.45) is 17.8. The lowest BCUT2D eigenvalue weighted by Gasteiger charge is -2.31. The van der Waals surface area contributed by atoms with Crippen LogP contribution < -0.4 is 5.32 Å². The van der Waals surface area contributed by atoms with Crippen molar-refractivity contribution in [3.63, 3.8) is 0 Å². The van der Waals surface area contributed by atoms with Gasteiger partial charge in [-0.15, -0.1) is 0 Å². The molecule has 2 aliphatic carbocycles. The fourth-order valence-corrected chi connectivity index (χ4v) is 6.07. The van der Waals surface area contributed by atoms with Crippen molar-refractivity contribution in [3.05, 3.63) is 47.6 Å². The molecule has 4 heterocycles. The zero-order valence-corrected chi connectivity index (χ0v) is 30.2. The van der Waals surface area contributed by atoms with Gasteiger partial charge in [0.2, 0.25) is 0 Å². The topological polar surface area (TPSA) is 144 Å². The first kappa shape index (κ1) is 42.5. The number of nitrogens with one attached hydrogen (secondary N) is 1. The number of hydrogen-bond donors (Lipinski definition) is 2. The minimum Gasteiger partial charge on any atom is -0.475 e. The van der Waals surface area contributed by atoms with Crippen molar-refractivity contribution in [1.29, 1.82) is 0 Å². The number of hydrogen-bond acceptors (Lipinski definition) is 8. The maximum Gasteiger partial charge on any atom is 0.490 e. The first-order valence-electron chi connectivity index (χ1n) is 18.3. The van der Waals surface area contributed by atoms with Gasteiger partial charge < -0.3 is 20.1 Å². The number of nitrogens with zero attached hydrogens (tertiary/aromatic N) is 3. The molecule has 2 N–H and O–H groups in total. The summed E-state index contributed by atoms with van der Waals surface area (Å²) >= 11 is 0. The quantitative estimate of drug-likeness (QED) is 0.277. The molecule has 14 heteroatoms. The summed E-state index contributed by atoms with van der Waals surface area (Å²) in [5, 5.41) is 10.4. The number of rotatable bonds is 7. The molecule has 0 bridgehead atoms. The molecule has 0 aromatic heterocycles. The summed E-state index contributed by atoms with van der Waals surface area (Å²) in [6.45, 7) is 10.3. The molecule has 2 saturated carbocycles. The number of allylic oxidation sites excluding steroid dienone is 2. The highest BCUT2D eigenvalue weighted by Crippen LogP contribution is 2.31. The Hall–Kier alpha value is -3.91. The van der Waals surface area contributed by atoms with E-state index in [2.05, 4.69) is 16.3 Å². The predicted molar refractivity (Wildman–Crippen MR) is 188 cm³/mol. The molecule has 0 radical (unpaired) electrons. The lowest BCUT2D eigenvalue weighted by atomic mass is 9.94. The molecule has 0 atom stereocenters. The number of aldehydes is 1. The fourth-order valence-electron chi connectivity index (χ4n) is 6.07. The SMILES string of the molecule is C/C(=C/C1CCN(CC2CC2)CC1)C(=O)N1CCC=CC1=O.C/C(=C/C1CCNCC1)C(=O)N1CCC=CC1=O.O=C(O)C(F)(F)F.O=CC1CC1. The smallest absolute Gasteiger partial charge is 0.475 e. The molecule has 0 unspecified atom stereocenters. The Balaban J connectivity index is 0.000000216. The Morgan fingerprint density at radius 1 is 0.750 bits per heavy atom. The summed E-state index contributed by atoms with van der Waals surface area (Å²) in [5.41, 5.74) is 1.43. The number of piperidine rings is 2. The van der Waals surface area contributed by atoms with Crippen LogP contribution in [0.15, 0.2) is 47.6 Å². The van der Waals surface area contributed by atoms with Crippen LogP contribution in [0, 0.1) is 23.7 Å². The summed E-state index contributed by atoms with van der Waals surface area (Å²) < 4.78 is 31.7. The van der Waals surface area contributed by atoms with E-state index in [0.717, 1.165) is 95.3 Å². The van der Waals surface area contributed by atoms with Crippen LogP contribution >= 0.6 is 0 Å². The van der Waals surface area contributed by atoms with Gasteiger partial charge in [-0.1, -0.05) is 24.3 Å². The van der Waals surface area contributed by atoms with Crippen molar-refractivity contribution >= 4 is 35.9 Å². The van der Waals surface area contributed by atoms with Crippen molar-refractivity contribution in [2.24, 2.45) is 23.7 Å². The highest BCUT2D eigenvalue weighted by atomic mass is 19.4. The van der Waals surface area contributed by atoms with Crippen LogP contribution in [0.2, 0.25) is 0 Å². The van der Waals surface area contributed by atoms with Crippen LogP contribution in [0.25, 0.3) is 0 Å². The molecule has 0 aromatic rings. The maximum atomic E-state index is 12.4. The van der Waals surface area contributed by atoms with E-state index < -0.39 is 12.1 Å². The molecular formula is C38H53F3N4O7. The van der Waals surface area contributed by atoms with Crippen molar-refractivity contribution < 1.29 is 47.0 Å². The number of likely N-dealkylation sites (tertiary alicyclic amines) is 1. The van der Waals surface area contributed by atoms with E-state index in [0.29, 0.717) is 36.4 Å². The molecule has 288 valence electrons. The van der Waals surface area contributed by atoms with E-state index in [4.69, 9.17) is 9.90 Å². The Labute approximate surface area is 304 Å². The van der Waals surface area contributed by atoms with Crippen LogP contribution in [0.1, 0.15) is 78.1 Å². The molecule has 6 rings (SSSR count). The maximum absolute atomic E-state index is 12.4. The first-order valence-corrected chi connectivity index (χ1v) is 18.3. The van der Waals surface area contributed by atoms with Gasteiger partial charge in [0.05, 0.1) is 0 Å². The first-order chi connectivity index (χ1) is 24.7. The number of carboxylic acid groups (broad SMARTS) is 1. The number of imide groups is 2. The fraction of sp³-hybridized carbons (Fsp3) is 0.632. The Kier molecular flexibility index (Phi) is 17.1. The van der Waals surface area contributed by atoms with E-state index in [1.54, 1.807) is 0 Å². The van der Waals surface area contributed by atoms with E-state index >= 15 is 0 Å². The van der Waals surface area contributed by atoms with Crippen LogP contribution in [-0.2, 0) is 28.8 Å². The number of carbonyl (C=O) groups excluding carboxylic acids is 5. The molecule has 4 amide bonds. The monoisotopic (exact) mass is 734 g/mol. The van der Waals surface area contributed by atoms with E-state index in [1.165, 1.54) is 41.3 Å². The van der Waals surface area contributed by atoms with Crippen LogP contribution in [0.3, 0.4) is 0 Å². The summed E-state index contributed by atoms with van der Waals surface area (Å²) in [6, 6.07) is 0. The number of amides is 4. The molecule has 4 aliphatic heterocycles. The van der Waals surface area contributed by atoms with Crippen molar-refractivity contribution in [2.45, 2.75) is 84.2 Å². The lowest BCUT2D eigenvalue weighted by molar-refractivity contribution is -0.192. The third-order valence-corrected chi connectivity index (χ3v) is 9.51. The summed E-state index contributed by atoms with van der Waals surface area (Å²) in [4.78, 5) is 71.7. The second-order valence-electron chi connectivity index (χ2n) is 14.1. The standard InChI is InChI=1S/C18H26N2O2.C14H20N2O2.C4H6O.C2HF3O2/c1-14(18(22)20-9-3-2-4-17(20)21)12-15-7-10-19(11-8-15)13-16-5-6-16;1-11(10-12-5-7-15-8-6-12)14(18)16-9-3-2-4-13(16)17;5-3-4-1-2-4;3-2(4,5)1(6)7/h2,4,12,15-16H,3,5-11,13H2,1H3;2,4,10,12,15H,3,5-9H2,1H3;3-4H,1-2H2;(H,6,7)/b14-12-;11-10-;;. The number of alkyl halides is 3. The molecule has 11 nitrogen and oxygen atoms in total. The van der Waals surface area contributed by atoms with Gasteiger partial charge in [-0.3, -0.25) is 29.0 Å². The van der Waals surface area contributed by atoms with Crippen molar-refractivity contribution in [1.82, 2.24) is 20.0 Å². The van der Waals surface area contributed by atoms with Crippen LogP contribution in [-0.4, -0.2) is 108 Å². The lowest BCUT2D eigenvalue weighted by Crippen LogP contribution is -2.39. The third kappa shape index (κ3) is 15.4. The van der Waals surface area contributed by atoms with Gasteiger partial charge in [0.15, 0.2) is 0 Å². The molecular weight excluding hydrogens is 681 g/mol. The Morgan fingerprint density at radius 3 is 1.54 bits per heavy atom. The normalized spacial score (nSPS) is 21.9. The van der Waals surface area contributed by atoms with Crippen molar-refractivity contribution in [2.75, 3.05) is 45.8 Å². The van der Waals surface area contributed by atoms with E-state index in [9.17, 15) is 37.1 Å². The zero-order chi connectivity index (χ0) is 38.3. The zero-order valence-electron chi connectivity index (χ0n) is 30.2. The molecule has 6 aliphatic rings. The minimum absolute atomic E-state index is 0.116. The number of carbonyl (C=O) groups is 6. The second kappa shape index (κ2) is 21.0. The molecule has 4 fully saturated rings. The number of carboxylic acids is 1. The van der Waals surface area contributed by atoms with Gasteiger partial charge in [0, 0.05) is 36.7 Å². The molecule has 2 saturated heterocycles. The average molecular weight is 735 g/mol. The third-order valence-electron chi connectivity index (χ3n) is 9.51. The van der Waals surface area contributed by atoms with E-state index in [1.807, 2.05) is 32.1 Å². The van der Waals surface area contributed by atoms with Gasteiger partial charge in [-0.05, 0) is 134 Å². The van der Waals surface area contributed by atoms with Gasteiger partial charge in [0.25, 0.3) is 23.6 Å². The minimum atomic E-state index is -5.08. The summed E-state index contributed by atoms with van der Waals surface area (Å²) in [7, 11) is 0. The molecule has 52 heavy (non-hydrogen) atoms. The summed E-state index contributed by atoms with van der Waals surface area (Å²) in [5.74, 6) is -1.03. The van der Waals surface area contributed by atoms with Gasteiger partial charge in [-0.2, -0.15) is 13.2 Å². The van der Waals surface area contributed by atoms with Crippen LogP contribution in [0.5, 0.6) is 0 Å². The van der Waals surface area contributed by atoms with Gasteiger partial charge in [0.1, 0.15) is 6.29 Å². The van der Waals surface area contributed by atoms with Crippen LogP contribution in [0.4, 0.5) is 13.2 Å². The molecule has 0 spiro atoms. The molecule has 0 aromatic carbocycles. The average Bonchev–Trinajstić information content (AvgIpc) is 4.06. The largest absolute Gasteiger partial charge is 0.490 e.